The monoisotopic (exact) mass is 953 g/mol. The Morgan fingerprint density at radius 3 is 1.74 bits per heavy atom. The Morgan fingerprint density at radius 1 is 0.647 bits per heavy atom. The molecule has 0 aromatic carbocycles. The quantitative estimate of drug-likeness (QED) is 0.0287. The van der Waals surface area contributed by atoms with E-state index in [2.05, 4.69) is 64.8 Å². The van der Waals surface area contributed by atoms with Gasteiger partial charge in [0.25, 0.3) is 0 Å². The summed E-state index contributed by atoms with van der Waals surface area (Å²) in [6.45, 7) is 19.8. The molecule has 3 fully saturated rings. The van der Waals surface area contributed by atoms with Crippen LogP contribution in [0, 0.1) is 46.3 Å². The van der Waals surface area contributed by atoms with Gasteiger partial charge in [-0.05, 0) is 104 Å². The largest absolute Gasteiger partial charge is 0.466 e. The van der Waals surface area contributed by atoms with E-state index in [1.165, 1.54) is 160 Å². The van der Waals surface area contributed by atoms with Gasteiger partial charge in [-0.2, -0.15) is 0 Å². The van der Waals surface area contributed by atoms with Gasteiger partial charge in [-0.15, -0.1) is 0 Å². The molecule has 4 aliphatic rings. The lowest BCUT2D eigenvalue weighted by Gasteiger charge is -2.58. The number of hydrogen-bond acceptors (Lipinski definition) is 7. The molecule has 0 heterocycles. The maximum atomic E-state index is 13.3. The van der Waals surface area contributed by atoms with Crippen LogP contribution in [-0.4, -0.2) is 68.4 Å². The van der Waals surface area contributed by atoms with Crippen LogP contribution >= 0.6 is 0 Å². The molecule has 0 aromatic heterocycles. The van der Waals surface area contributed by atoms with E-state index in [0.717, 1.165) is 80.5 Å². The number of carbonyl (C=O) groups excluding carboxylic acids is 3. The number of fused-ring (bicyclic) bond motifs is 5. The maximum Gasteiger partial charge on any atom is 0.407 e. The molecule has 68 heavy (non-hydrogen) atoms. The van der Waals surface area contributed by atoms with Crippen LogP contribution < -0.4 is 5.32 Å². The molecule has 0 radical (unpaired) electrons. The molecule has 0 aliphatic heterocycles. The van der Waals surface area contributed by atoms with Crippen molar-refractivity contribution in [2.45, 2.75) is 266 Å². The fraction of sp³-hybridized carbons (Fsp3) is 0.917. The third-order valence-corrected chi connectivity index (χ3v) is 18.0. The molecule has 3 saturated carbocycles. The number of nitrogens with one attached hydrogen (secondary N) is 1. The first kappa shape index (κ1) is 58.5. The molecule has 8 nitrogen and oxygen atoms in total. The number of nitrogens with zero attached hydrogens (tertiary/aromatic N) is 1. The Kier molecular flexibility index (Phi) is 28.2. The zero-order chi connectivity index (χ0) is 49.0. The predicted molar refractivity (Wildman–Crippen MR) is 283 cm³/mol. The van der Waals surface area contributed by atoms with E-state index in [-0.39, 0.29) is 42.4 Å². The number of rotatable bonds is 37. The van der Waals surface area contributed by atoms with Crippen molar-refractivity contribution in [1.29, 1.82) is 0 Å². The fourth-order valence-corrected chi connectivity index (χ4v) is 13.8. The number of esters is 2. The highest BCUT2D eigenvalue weighted by Gasteiger charge is 2.59. The van der Waals surface area contributed by atoms with Crippen molar-refractivity contribution < 1.29 is 28.6 Å². The Labute approximate surface area is 419 Å². The summed E-state index contributed by atoms with van der Waals surface area (Å²) in [6.07, 6.45) is 41.2. The van der Waals surface area contributed by atoms with Crippen LogP contribution in [-0.2, 0) is 23.8 Å². The summed E-state index contributed by atoms with van der Waals surface area (Å²) in [5.74, 6) is 4.46. The second kappa shape index (κ2) is 32.8. The van der Waals surface area contributed by atoms with Crippen LogP contribution in [0.2, 0.25) is 0 Å². The van der Waals surface area contributed by atoms with Gasteiger partial charge in [0.2, 0.25) is 0 Å². The van der Waals surface area contributed by atoms with Crippen LogP contribution in [0.5, 0.6) is 0 Å². The Balaban J connectivity index is 1.18. The van der Waals surface area contributed by atoms with Crippen molar-refractivity contribution in [1.82, 2.24) is 10.2 Å². The lowest BCUT2D eigenvalue weighted by molar-refractivity contribution is -0.144. The van der Waals surface area contributed by atoms with Crippen molar-refractivity contribution in [3.05, 3.63) is 11.6 Å². The number of unbranched alkanes of at least 4 members (excludes halogenated alkanes) is 18. The molecular formula is C60H108N2O6. The van der Waals surface area contributed by atoms with Crippen molar-refractivity contribution in [3.8, 4) is 0 Å². The molecule has 0 spiro atoms. The summed E-state index contributed by atoms with van der Waals surface area (Å²) < 4.78 is 17.4. The second-order valence-electron chi connectivity index (χ2n) is 23.6. The highest BCUT2D eigenvalue weighted by molar-refractivity contribution is 5.70. The van der Waals surface area contributed by atoms with E-state index in [4.69, 9.17) is 14.2 Å². The Hall–Kier alpha value is -2.09. The molecule has 1 unspecified atom stereocenters. The van der Waals surface area contributed by atoms with Gasteiger partial charge in [-0.3, -0.25) is 9.59 Å². The molecule has 1 amide bonds. The fourth-order valence-electron chi connectivity index (χ4n) is 13.8. The minimum Gasteiger partial charge on any atom is -0.466 e. The third-order valence-electron chi connectivity index (χ3n) is 18.0. The zero-order valence-corrected chi connectivity index (χ0v) is 45.6. The smallest absolute Gasteiger partial charge is 0.407 e. The summed E-state index contributed by atoms with van der Waals surface area (Å²) in [6, 6.07) is 0. The van der Waals surface area contributed by atoms with E-state index in [9.17, 15) is 14.4 Å². The molecule has 8 heteroatoms. The molecule has 8 atom stereocenters. The SMILES string of the molecule is CCCCCCCCCCCCOC(=O)CCN(CCNC(=O)O[C@H]1CC[C@@]2(C)C(=CC[C@H]3C4CC[C@H]([C@H](C)CCCC(C)C)[C@@]4(C)CC[C@@H]32)C1)CCC(=O)OCCCCCCCCCCCC. The van der Waals surface area contributed by atoms with Gasteiger partial charge in [-0.25, -0.2) is 4.79 Å². The number of hydrogen-bond donors (Lipinski definition) is 1. The maximum absolute atomic E-state index is 13.3. The third kappa shape index (κ3) is 20.2. The van der Waals surface area contributed by atoms with Crippen molar-refractivity contribution in [3.63, 3.8) is 0 Å². The molecule has 4 rings (SSSR count). The summed E-state index contributed by atoms with van der Waals surface area (Å²) in [5.41, 5.74) is 2.23. The Bertz CT molecular complexity index is 1390. The second-order valence-corrected chi connectivity index (χ2v) is 23.6. The van der Waals surface area contributed by atoms with Gasteiger partial charge < -0.3 is 24.4 Å². The van der Waals surface area contributed by atoms with Crippen molar-refractivity contribution >= 4 is 18.0 Å². The minimum atomic E-state index is -0.368. The van der Waals surface area contributed by atoms with Crippen LogP contribution in [0.25, 0.3) is 0 Å². The lowest BCUT2D eigenvalue weighted by Crippen LogP contribution is -2.51. The standard InChI is InChI=1S/C60H108N2O6/c1-8-10-12-14-16-18-20-22-24-26-45-66-56(63)37-42-62(43-38-57(64)67-46-27-25-23-21-19-17-15-13-11-9-2)44-41-61-58(65)68-51-35-39-59(6)50(47-51)31-32-52-54-34-33-53(49(5)30-28-29-48(3)4)60(54,7)40-36-55(52)59/h31,48-49,51-55H,8-30,32-47H2,1-7H3,(H,61,65)/t49-,51+,52+,53-,54?,55+,59+,60-/m1/s1. The number of amides is 1. The average Bonchev–Trinajstić information content (AvgIpc) is 3.68. The molecule has 4 aliphatic carbocycles. The average molecular weight is 954 g/mol. The van der Waals surface area contributed by atoms with Gasteiger partial charge >= 0.3 is 18.0 Å². The summed E-state index contributed by atoms with van der Waals surface area (Å²) >= 11 is 0. The number of alkyl carbamates (subject to hydrolysis) is 1. The van der Waals surface area contributed by atoms with E-state index in [1.54, 1.807) is 0 Å². The topological polar surface area (TPSA) is 94.2 Å². The van der Waals surface area contributed by atoms with E-state index in [0.29, 0.717) is 44.8 Å². The van der Waals surface area contributed by atoms with E-state index < -0.39 is 0 Å². The summed E-state index contributed by atoms with van der Waals surface area (Å²) in [4.78, 5) is 40.9. The van der Waals surface area contributed by atoms with E-state index >= 15 is 0 Å². The van der Waals surface area contributed by atoms with Crippen LogP contribution in [0.15, 0.2) is 11.6 Å². The van der Waals surface area contributed by atoms with Gasteiger partial charge in [0.1, 0.15) is 6.10 Å². The summed E-state index contributed by atoms with van der Waals surface area (Å²) in [7, 11) is 0. The van der Waals surface area contributed by atoms with Crippen LogP contribution in [0.4, 0.5) is 4.79 Å². The summed E-state index contributed by atoms with van der Waals surface area (Å²) in [5, 5.41) is 3.02. The first-order chi connectivity index (χ1) is 32.9. The normalized spacial score (nSPS) is 25.9. The zero-order valence-electron chi connectivity index (χ0n) is 45.6. The Morgan fingerprint density at radius 2 is 1.19 bits per heavy atom. The highest BCUT2D eigenvalue weighted by Crippen LogP contribution is 2.67. The molecular weight excluding hydrogens is 845 g/mol. The lowest BCUT2D eigenvalue weighted by atomic mass is 9.47. The first-order valence-electron chi connectivity index (χ1n) is 29.6. The van der Waals surface area contributed by atoms with E-state index in [1.807, 2.05) is 0 Å². The van der Waals surface area contributed by atoms with Crippen molar-refractivity contribution in [2.24, 2.45) is 46.3 Å². The minimum absolute atomic E-state index is 0.103. The number of ether oxygens (including phenoxy) is 3. The number of allylic oxidation sites excluding steroid dienone is 1. The number of carbonyl (C=O) groups is 3. The molecule has 0 aromatic rings. The van der Waals surface area contributed by atoms with Gasteiger partial charge in [0.05, 0.1) is 26.1 Å². The predicted octanol–water partition coefficient (Wildman–Crippen LogP) is 16.1. The molecule has 394 valence electrons. The molecule has 0 saturated heterocycles. The first-order valence-corrected chi connectivity index (χ1v) is 29.6. The van der Waals surface area contributed by atoms with Crippen LogP contribution in [0.3, 0.4) is 0 Å². The van der Waals surface area contributed by atoms with Gasteiger partial charge in [0, 0.05) is 32.6 Å². The molecule has 1 N–H and O–H groups in total. The van der Waals surface area contributed by atoms with Gasteiger partial charge in [-0.1, -0.05) is 195 Å². The highest BCUT2D eigenvalue weighted by atomic mass is 16.6. The van der Waals surface area contributed by atoms with Gasteiger partial charge in [0.15, 0.2) is 0 Å². The van der Waals surface area contributed by atoms with Crippen LogP contribution in [0.1, 0.15) is 260 Å². The van der Waals surface area contributed by atoms with Crippen molar-refractivity contribution in [2.75, 3.05) is 39.4 Å². The molecule has 0 bridgehead atoms.